The van der Waals surface area contributed by atoms with Crippen molar-refractivity contribution in [3.63, 3.8) is 0 Å². The van der Waals surface area contributed by atoms with Crippen LogP contribution in [0.1, 0.15) is 46.6 Å². The Balaban J connectivity index is 1.82. The number of rotatable bonds is 4. The summed E-state index contributed by atoms with van der Waals surface area (Å²) in [5.41, 5.74) is 6.07. The van der Waals surface area contributed by atoms with Crippen LogP contribution in [-0.4, -0.2) is 5.91 Å². The van der Waals surface area contributed by atoms with E-state index in [2.05, 4.69) is 55.6 Å². The lowest BCUT2D eigenvalue weighted by Gasteiger charge is -2.38. The van der Waals surface area contributed by atoms with Crippen LogP contribution in [0, 0.1) is 6.92 Å². The molecule has 4 rings (SSSR count). The zero-order chi connectivity index (χ0) is 18.8. The van der Waals surface area contributed by atoms with Gasteiger partial charge in [0.2, 0.25) is 0 Å². The Labute approximate surface area is 160 Å². The predicted molar refractivity (Wildman–Crippen MR) is 111 cm³/mol. The molecule has 1 atom stereocenters. The standard InChI is InChI=1S/C24H24N2O/c1-3-8-18-13-15-19(16-14-18)26-23(20-10-5-4-9-17(20)2)25-22-12-7-6-11-21(22)24(26)27/h4-7,9-16,23,25H,3,8H2,1-2H3. The van der Waals surface area contributed by atoms with Gasteiger partial charge < -0.3 is 5.32 Å². The Morgan fingerprint density at radius 3 is 2.37 bits per heavy atom. The fourth-order valence-corrected chi connectivity index (χ4v) is 3.74. The number of hydrogen-bond acceptors (Lipinski definition) is 2. The summed E-state index contributed by atoms with van der Waals surface area (Å²) in [6.45, 7) is 4.27. The molecule has 3 aromatic carbocycles. The third kappa shape index (κ3) is 3.21. The minimum absolute atomic E-state index is 0.0286. The SMILES string of the molecule is CCCc1ccc(N2C(=O)c3ccccc3NC2c2ccccc2C)cc1. The zero-order valence-corrected chi connectivity index (χ0v) is 15.8. The van der Waals surface area contributed by atoms with E-state index < -0.39 is 0 Å². The van der Waals surface area contributed by atoms with Crippen molar-refractivity contribution >= 4 is 17.3 Å². The number of anilines is 2. The predicted octanol–water partition coefficient (Wildman–Crippen LogP) is 5.72. The topological polar surface area (TPSA) is 32.3 Å². The lowest BCUT2D eigenvalue weighted by atomic mass is 9.99. The van der Waals surface area contributed by atoms with Gasteiger partial charge in [0.15, 0.2) is 0 Å². The van der Waals surface area contributed by atoms with Gasteiger partial charge in [-0.15, -0.1) is 0 Å². The molecule has 136 valence electrons. The molecule has 1 unspecified atom stereocenters. The quantitative estimate of drug-likeness (QED) is 0.648. The summed E-state index contributed by atoms with van der Waals surface area (Å²) in [6.07, 6.45) is 1.94. The highest BCUT2D eigenvalue weighted by Crippen LogP contribution is 2.37. The Morgan fingerprint density at radius 2 is 1.63 bits per heavy atom. The number of nitrogens with zero attached hydrogens (tertiary/aromatic N) is 1. The Kier molecular flexibility index (Phi) is 4.68. The third-order valence-electron chi connectivity index (χ3n) is 5.16. The average molecular weight is 356 g/mol. The number of amides is 1. The molecular weight excluding hydrogens is 332 g/mol. The van der Waals surface area contributed by atoms with E-state index in [-0.39, 0.29) is 12.1 Å². The van der Waals surface area contributed by atoms with Crippen LogP contribution in [0.3, 0.4) is 0 Å². The van der Waals surface area contributed by atoms with Crippen molar-refractivity contribution in [2.24, 2.45) is 0 Å². The summed E-state index contributed by atoms with van der Waals surface area (Å²) in [5.74, 6) is 0.0286. The third-order valence-corrected chi connectivity index (χ3v) is 5.16. The number of benzene rings is 3. The van der Waals surface area contributed by atoms with Gasteiger partial charge in [0.1, 0.15) is 6.17 Å². The van der Waals surface area contributed by atoms with E-state index in [1.807, 2.05) is 41.3 Å². The van der Waals surface area contributed by atoms with E-state index in [9.17, 15) is 4.79 Å². The summed E-state index contributed by atoms with van der Waals surface area (Å²) in [7, 11) is 0. The molecule has 0 fully saturated rings. The van der Waals surface area contributed by atoms with E-state index in [1.165, 1.54) is 5.56 Å². The molecule has 1 N–H and O–H groups in total. The van der Waals surface area contributed by atoms with Gasteiger partial charge in [-0.2, -0.15) is 0 Å². The number of aryl methyl sites for hydroxylation is 2. The van der Waals surface area contributed by atoms with Crippen LogP contribution in [0.15, 0.2) is 72.8 Å². The van der Waals surface area contributed by atoms with Crippen LogP contribution in [0.2, 0.25) is 0 Å². The average Bonchev–Trinajstić information content (AvgIpc) is 2.69. The van der Waals surface area contributed by atoms with Gasteiger partial charge in [-0.1, -0.05) is 61.9 Å². The molecule has 3 aromatic rings. The number of nitrogens with one attached hydrogen (secondary N) is 1. The lowest BCUT2D eigenvalue weighted by Crippen LogP contribution is -2.43. The van der Waals surface area contributed by atoms with E-state index >= 15 is 0 Å². The molecular formula is C24H24N2O. The fourth-order valence-electron chi connectivity index (χ4n) is 3.74. The van der Waals surface area contributed by atoms with Gasteiger partial charge in [0.05, 0.1) is 5.56 Å². The van der Waals surface area contributed by atoms with Gasteiger partial charge >= 0.3 is 0 Å². The monoisotopic (exact) mass is 356 g/mol. The van der Waals surface area contributed by atoms with Gasteiger partial charge in [0.25, 0.3) is 5.91 Å². The zero-order valence-electron chi connectivity index (χ0n) is 15.8. The molecule has 0 aliphatic carbocycles. The van der Waals surface area contributed by atoms with Crippen LogP contribution in [-0.2, 0) is 6.42 Å². The van der Waals surface area contributed by atoms with Crippen molar-refractivity contribution in [2.45, 2.75) is 32.9 Å². The number of hydrogen-bond donors (Lipinski definition) is 1. The van der Waals surface area contributed by atoms with E-state index in [0.717, 1.165) is 35.3 Å². The first-order valence-corrected chi connectivity index (χ1v) is 9.52. The highest BCUT2D eigenvalue weighted by atomic mass is 16.2. The molecule has 0 saturated heterocycles. The Morgan fingerprint density at radius 1 is 0.926 bits per heavy atom. The molecule has 0 spiro atoms. The summed E-state index contributed by atoms with van der Waals surface area (Å²) in [5, 5.41) is 3.58. The first-order valence-electron chi connectivity index (χ1n) is 9.52. The summed E-state index contributed by atoms with van der Waals surface area (Å²) in [4.78, 5) is 15.3. The molecule has 3 nitrogen and oxygen atoms in total. The first-order chi connectivity index (χ1) is 13.2. The largest absolute Gasteiger partial charge is 0.360 e. The van der Waals surface area contributed by atoms with E-state index in [0.29, 0.717) is 5.56 Å². The van der Waals surface area contributed by atoms with Crippen molar-refractivity contribution in [2.75, 3.05) is 10.2 Å². The molecule has 0 radical (unpaired) electrons. The first kappa shape index (κ1) is 17.3. The molecule has 1 amide bonds. The minimum Gasteiger partial charge on any atom is -0.360 e. The second kappa shape index (κ2) is 7.28. The van der Waals surface area contributed by atoms with Gasteiger partial charge in [-0.25, -0.2) is 0 Å². The van der Waals surface area contributed by atoms with Crippen LogP contribution < -0.4 is 10.2 Å². The maximum absolute atomic E-state index is 13.4. The van der Waals surface area contributed by atoms with Gasteiger partial charge in [0, 0.05) is 11.4 Å². The Bertz CT molecular complexity index is 962. The van der Waals surface area contributed by atoms with Crippen molar-refractivity contribution in [1.29, 1.82) is 0 Å². The molecule has 0 saturated carbocycles. The smallest absolute Gasteiger partial charge is 0.262 e. The molecule has 0 bridgehead atoms. The van der Waals surface area contributed by atoms with Crippen molar-refractivity contribution < 1.29 is 4.79 Å². The van der Waals surface area contributed by atoms with E-state index in [1.54, 1.807) is 0 Å². The van der Waals surface area contributed by atoms with Crippen LogP contribution in [0.25, 0.3) is 0 Å². The molecule has 1 heterocycles. The highest BCUT2D eigenvalue weighted by molar-refractivity contribution is 6.12. The minimum atomic E-state index is -0.231. The van der Waals surface area contributed by atoms with Crippen LogP contribution in [0.4, 0.5) is 11.4 Å². The molecule has 0 aromatic heterocycles. The second-order valence-electron chi connectivity index (χ2n) is 7.04. The normalized spacial score (nSPS) is 16.0. The molecule has 27 heavy (non-hydrogen) atoms. The molecule has 1 aliphatic rings. The summed E-state index contributed by atoms with van der Waals surface area (Å²) >= 11 is 0. The number of carbonyl (C=O) groups excluding carboxylic acids is 1. The van der Waals surface area contributed by atoms with Crippen molar-refractivity contribution in [3.05, 3.63) is 95.1 Å². The molecule has 3 heteroatoms. The maximum atomic E-state index is 13.4. The van der Waals surface area contributed by atoms with Crippen LogP contribution >= 0.6 is 0 Å². The summed E-state index contributed by atoms with van der Waals surface area (Å²) in [6, 6.07) is 24.3. The fraction of sp³-hybridized carbons (Fsp3) is 0.208. The van der Waals surface area contributed by atoms with Gasteiger partial charge in [-0.3, -0.25) is 9.69 Å². The number of fused-ring (bicyclic) bond motifs is 1. The number of para-hydroxylation sites is 1. The summed E-state index contributed by atoms with van der Waals surface area (Å²) < 4.78 is 0. The number of carbonyl (C=O) groups is 1. The van der Waals surface area contributed by atoms with E-state index in [4.69, 9.17) is 0 Å². The molecule has 1 aliphatic heterocycles. The highest BCUT2D eigenvalue weighted by Gasteiger charge is 2.34. The van der Waals surface area contributed by atoms with Gasteiger partial charge in [-0.05, 0) is 54.3 Å². The van der Waals surface area contributed by atoms with Crippen LogP contribution in [0.5, 0.6) is 0 Å². The Hall–Kier alpha value is -3.07. The lowest BCUT2D eigenvalue weighted by molar-refractivity contribution is 0.0975. The van der Waals surface area contributed by atoms with Crippen molar-refractivity contribution in [3.8, 4) is 0 Å². The second-order valence-corrected chi connectivity index (χ2v) is 7.04. The van der Waals surface area contributed by atoms with Crippen molar-refractivity contribution in [1.82, 2.24) is 0 Å². The maximum Gasteiger partial charge on any atom is 0.262 e.